The molecule has 0 saturated heterocycles. The number of nitrogens with zero attached hydrogens (tertiary/aromatic N) is 2. The number of aromatic nitrogens is 2. The lowest BCUT2D eigenvalue weighted by Crippen LogP contribution is -2.12. The van der Waals surface area contributed by atoms with Crippen molar-refractivity contribution in [1.82, 2.24) is 9.97 Å². The van der Waals surface area contributed by atoms with Crippen LogP contribution in [0.25, 0.3) is 10.8 Å². The van der Waals surface area contributed by atoms with E-state index in [-0.39, 0.29) is 6.61 Å². The van der Waals surface area contributed by atoms with Gasteiger partial charge in [0.1, 0.15) is 9.52 Å². The van der Waals surface area contributed by atoms with E-state index >= 15 is 0 Å². The largest absolute Gasteiger partial charge is 0.390 e. The Morgan fingerprint density at radius 3 is 2.82 bits per heavy atom. The van der Waals surface area contributed by atoms with Gasteiger partial charge in [0.25, 0.3) is 0 Å². The van der Waals surface area contributed by atoms with Gasteiger partial charge < -0.3 is 10.4 Å². The van der Waals surface area contributed by atoms with Crippen molar-refractivity contribution in [3.63, 3.8) is 0 Å². The monoisotopic (exact) mass is 343 g/mol. The SMILES string of the molecule is CC(C)Nc1nc(CO)cc2cnc(I)cc12. The third-order valence-electron chi connectivity index (χ3n) is 2.32. The maximum atomic E-state index is 9.20. The first-order valence-corrected chi connectivity index (χ1v) is 6.50. The zero-order valence-electron chi connectivity index (χ0n) is 9.74. The summed E-state index contributed by atoms with van der Waals surface area (Å²) in [6.07, 6.45) is 1.81. The first-order valence-electron chi connectivity index (χ1n) is 5.42. The highest BCUT2D eigenvalue weighted by molar-refractivity contribution is 14.1. The minimum Gasteiger partial charge on any atom is -0.390 e. The number of anilines is 1. The molecule has 0 amide bonds. The maximum absolute atomic E-state index is 9.20. The predicted octanol–water partition coefficient (Wildman–Crippen LogP) is 2.55. The van der Waals surface area contributed by atoms with Gasteiger partial charge in [-0.2, -0.15) is 0 Å². The molecule has 0 bridgehead atoms. The molecule has 2 heterocycles. The maximum Gasteiger partial charge on any atom is 0.134 e. The van der Waals surface area contributed by atoms with Crippen molar-refractivity contribution in [3.05, 3.63) is 27.7 Å². The van der Waals surface area contributed by atoms with Crippen LogP contribution in [-0.2, 0) is 6.61 Å². The lowest BCUT2D eigenvalue weighted by Gasteiger charge is -2.13. The molecule has 0 aliphatic heterocycles. The number of nitrogens with one attached hydrogen (secondary N) is 1. The van der Waals surface area contributed by atoms with E-state index in [2.05, 4.69) is 51.7 Å². The van der Waals surface area contributed by atoms with Crippen molar-refractivity contribution in [2.75, 3.05) is 5.32 Å². The van der Waals surface area contributed by atoms with E-state index in [4.69, 9.17) is 0 Å². The average Bonchev–Trinajstić information content (AvgIpc) is 2.28. The number of aliphatic hydroxyl groups is 1. The summed E-state index contributed by atoms with van der Waals surface area (Å²) < 4.78 is 0.931. The van der Waals surface area contributed by atoms with E-state index in [0.29, 0.717) is 11.7 Å². The molecule has 4 nitrogen and oxygen atoms in total. The molecule has 0 aliphatic carbocycles. The molecule has 2 N–H and O–H groups in total. The molecular formula is C12H14IN3O. The van der Waals surface area contributed by atoms with Crippen LogP contribution in [0, 0.1) is 3.70 Å². The first kappa shape index (κ1) is 12.5. The average molecular weight is 343 g/mol. The lowest BCUT2D eigenvalue weighted by atomic mass is 10.2. The van der Waals surface area contributed by atoms with Gasteiger partial charge in [-0.15, -0.1) is 0 Å². The quantitative estimate of drug-likeness (QED) is 0.664. The third kappa shape index (κ3) is 2.84. The highest BCUT2D eigenvalue weighted by Crippen LogP contribution is 2.24. The second kappa shape index (κ2) is 5.14. The first-order chi connectivity index (χ1) is 8.10. The number of pyridine rings is 2. The van der Waals surface area contributed by atoms with Gasteiger partial charge in [-0.3, -0.25) is 0 Å². The zero-order chi connectivity index (χ0) is 12.4. The van der Waals surface area contributed by atoms with Gasteiger partial charge in [-0.1, -0.05) is 0 Å². The molecule has 0 atom stereocenters. The number of rotatable bonds is 3. The zero-order valence-corrected chi connectivity index (χ0v) is 11.9. The standard InChI is InChI=1S/C12H14IN3O/c1-7(2)15-12-10-4-11(13)14-5-8(10)3-9(6-17)16-12/h3-5,7,17H,6H2,1-2H3,(H,15,16). The molecule has 0 saturated carbocycles. The van der Waals surface area contributed by atoms with Crippen LogP contribution in [0.1, 0.15) is 19.5 Å². The fourth-order valence-corrected chi connectivity index (χ4v) is 2.09. The Labute approximate surface area is 114 Å². The van der Waals surface area contributed by atoms with Gasteiger partial charge >= 0.3 is 0 Å². The lowest BCUT2D eigenvalue weighted by molar-refractivity contribution is 0.277. The Balaban J connectivity index is 2.63. The van der Waals surface area contributed by atoms with E-state index in [1.807, 2.05) is 18.3 Å². The normalized spacial score (nSPS) is 11.1. The molecule has 17 heavy (non-hydrogen) atoms. The number of halogens is 1. The van der Waals surface area contributed by atoms with Crippen LogP contribution in [-0.4, -0.2) is 21.1 Å². The molecule has 2 aromatic rings. The highest BCUT2D eigenvalue weighted by atomic mass is 127. The summed E-state index contributed by atoms with van der Waals surface area (Å²) in [5.74, 6) is 0.807. The summed E-state index contributed by atoms with van der Waals surface area (Å²) in [6.45, 7) is 4.06. The highest BCUT2D eigenvalue weighted by Gasteiger charge is 2.07. The Bertz CT molecular complexity index is 543. The Kier molecular flexibility index (Phi) is 3.78. The van der Waals surface area contributed by atoms with Crippen molar-refractivity contribution < 1.29 is 5.11 Å². The van der Waals surface area contributed by atoms with E-state index in [1.54, 1.807) is 0 Å². The molecule has 0 aliphatic rings. The van der Waals surface area contributed by atoms with Crippen molar-refractivity contribution in [1.29, 1.82) is 0 Å². The molecule has 0 aromatic carbocycles. The molecular weight excluding hydrogens is 329 g/mol. The van der Waals surface area contributed by atoms with Crippen molar-refractivity contribution >= 4 is 39.2 Å². The van der Waals surface area contributed by atoms with Crippen molar-refractivity contribution in [3.8, 4) is 0 Å². The van der Waals surface area contributed by atoms with E-state index < -0.39 is 0 Å². The topological polar surface area (TPSA) is 58.0 Å². The van der Waals surface area contributed by atoms with Crippen LogP contribution in [0.4, 0.5) is 5.82 Å². The van der Waals surface area contributed by atoms with E-state index in [9.17, 15) is 5.11 Å². The van der Waals surface area contributed by atoms with Crippen molar-refractivity contribution in [2.24, 2.45) is 0 Å². The second-order valence-electron chi connectivity index (χ2n) is 4.15. The summed E-state index contributed by atoms with van der Waals surface area (Å²) in [4.78, 5) is 8.66. The molecule has 0 unspecified atom stereocenters. The van der Waals surface area contributed by atoms with Gasteiger partial charge in [0, 0.05) is 23.0 Å². The number of hydrogen-bond acceptors (Lipinski definition) is 4. The molecule has 5 heteroatoms. The Morgan fingerprint density at radius 1 is 1.41 bits per heavy atom. The molecule has 0 fully saturated rings. The predicted molar refractivity (Wildman–Crippen MR) is 76.9 cm³/mol. The summed E-state index contributed by atoms with van der Waals surface area (Å²) in [5.41, 5.74) is 0.656. The van der Waals surface area contributed by atoms with E-state index in [1.165, 1.54) is 0 Å². The smallest absolute Gasteiger partial charge is 0.134 e. The van der Waals surface area contributed by atoms with Gasteiger partial charge in [0.05, 0.1) is 12.3 Å². The minimum atomic E-state index is -0.0608. The second-order valence-corrected chi connectivity index (χ2v) is 5.25. The molecule has 0 radical (unpaired) electrons. The number of fused-ring (bicyclic) bond motifs is 1. The van der Waals surface area contributed by atoms with Crippen LogP contribution in [0.5, 0.6) is 0 Å². The van der Waals surface area contributed by atoms with Gasteiger partial charge in [0.2, 0.25) is 0 Å². The molecule has 2 aromatic heterocycles. The summed E-state index contributed by atoms with van der Waals surface area (Å²) in [5, 5.41) is 14.5. The fraction of sp³-hybridized carbons (Fsp3) is 0.333. The molecule has 2 rings (SSSR count). The van der Waals surface area contributed by atoms with Crippen molar-refractivity contribution in [2.45, 2.75) is 26.5 Å². The van der Waals surface area contributed by atoms with Crippen LogP contribution >= 0.6 is 22.6 Å². The van der Waals surface area contributed by atoms with E-state index in [0.717, 1.165) is 20.3 Å². The van der Waals surface area contributed by atoms with Gasteiger partial charge in [0.15, 0.2) is 0 Å². The minimum absolute atomic E-state index is 0.0608. The van der Waals surface area contributed by atoms with Crippen LogP contribution in [0.2, 0.25) is 0 Å². The summed E-state index contributed by atoms with van der Waals surface area (Å²) >= 11 is 2.18. The number of aliphatic hydroxyl groups excluding tert-OH is 1. The van der Waals surface area contributed by atoms with Gasteiger partial charge in [-0.25, -0.2) is 9.97 Å². The van der Waals surface area contributed by atoms with Crippen LogP contribution in [0.3, 0.4) is 0 Å². The summed E-state index contributed by atoms with van der Waals surface area (Å²) in [6, 6.07) is 4.16. The summed E-state index contributed by atoms with van der Waals surface area (Å²) in [7, 11) is 0. The van der Waals surface area contributed by atoms with Gasteiger partial charge in [-0.05, 0) is 48.6 Å². The van der Waals surface area contributed by atoms with Crippen LogP contribution in [0.15, 0.2) is 18.3 Å². The Hall–Kier alpha value is -0.950. The third-order valence-corrected chi connectivity index (χ3v) is 2.91. The number of hydrogen-bond donors (Lipinski definition) is 2. The fourth-order valence-electron chi connectivity index (χ4n) is 1.64. The molecule has 90 valence electrons. The molecule has 0 spiro atoms. The Morgan fingerprint density at radius 2 is 2.18 bits per heavy atom. The van der Waals surface area contributed by atoms with Crippen LogP contribution < -0.4 is 5.32 Å².